The Hall–Kier alpha value is -1.35. The molecule has 1 heterocycles. The summed E-state index contributed by atoms with van der Waals surface area (Å²) in [5.74, 6) is -0.763. The van der Waals surface area contributed by atoms with Crippen molar-refractivity contribution in [3.63, 3.8) is 0 Å². The van der Waals surface area contributed by atoms with Crippen LogP contribution in [0.2, 0.25) is 5.02 Å². The van der Waals surface area contributed by atoms with Crippen LogP contribution in [0, 0.1) is 0 Å². The highest BCUT2D eigenvalue weighted by Crippen LogP contribution is 2.27. The van der Waals surface area contributed by atoms with E-state index >= 15 is 0 Å². The van der Waals surface area contributed by atoms with E-state index in [2.05, 4.69) is 0 Å². The number of benzene rings is 1. The number of hydrogen-bond donors (Lipinski definition) is 2. The second-order valence-corrected chi connectivity index (χ2v) is 6.59. The molecule has 1 fully saturated rings. The largest absolute Gasteiger partial charge is 0.398 e. The van der Waals surface area contributed by atoms with Crippen molar-refractivity contribution in [2.45, 2.75) is 10.9 Å². The zero-order chi connectivity index (χ0) is 14.9. The maximum Gasteiger partial charge on any atom is 0.246 e. The van der Waals surface area contributed by atoms with E-state index < -0.39 is 22.0 Å². The number of morpholine rings is 1. The number of anilines is 1. The summed E-state index contributed by atoms with van der Waals surface area (Å²) in [4.78, 5) is 11.3. The van der Waals surface area contributed by atoms with Crippen LogP contribution in [-0.4, -0.2) is 44.4 Å². The first-order valence-electron chi connectivity index (χ1n) is 5.78. The molecule has 1 saturated heterocycles. The molecule has 1 atom stereocenters. The number of rotatable bonds is 3. The molecular formula is C11H14ClN3O4S. The number of carbonyl (C=O) groups is 1. The molecule has 0 aromatic heterocycles. The SMILES string of the molecule is NC(=O)C1COCCN1S(=O)(=O)c1ccc(Cl)cc1N. The van der Waals surface area contributed by atoms with Gasteiger partial charge in [-0.2, -0.15) is 4.31 Å². The van der Waals surface area contributed by atoms with Gasteiger partial charge in [-0.05, 0) is 18.2 Å². The molecule has 7 nitrogen and oxygen atoms in total. The Morgan fingerprint density at radius 3 is 2.75 bits per heavy atom. The average molecular weight is 320 g/mol. The van der Waals surface area contributed by atoms with Crippen molar-refractivity contribution in [1.82, 2.24) is 4.31 Å². The fraction of sp³-hybridized carbons (Fsp3) is 0.364. The van der Waals surface area contributed by atoms with Gasteiger partial charge in [0.1, 0.15) is 10.9 Å². The van der Waals surface area contributed by atoms with Gasteiger partial charge >= 0.3 is 0 Å². The van der Waals surface area contributed by atoms with Crippen LogP contribution in [0.5, 0.6) is 0 Å². The van der Waals surface area contributed by atoms with Gasteiger partial charge in [-0.3, -0.25) is 4.79 Å². The topological polar surface area (TPSA) is 116 Å². The Labute approximate surface area is 121 Å². The maximum absolute atomic E-state index is 12.6. The number of carbonyl (C=O) groups excluding carboxylic acids is 1. The Kier molecular flexibility index (Phi) is 4.19. The molecule has 0 bridgehead atoms. The van der Waals surface area contributed by atoms with Gasteiger partial charge in [0.25, 0.3) is 0 Å². The first-order chi connectivity index (χ1) is 9.34. The number of primary amides is 1. The Bertz CT molecular complexity index is 635. The molecule has 0 radical (unpaired) electrons. The first-order valence-corrected chi connectivity index (χ1v) is 7.60. The number of amides is 1. The van der Waals surface area contributed by atoms with Gasteiger partial charge in [0.05, 0.1) is 18.9 Å². The zero-order valence-corrected chi connectivity index (χ0v) is 12.0. The standard InChI is InChI=1S/C11H14ClN3O4S/c12-7-1-2-10(8(13)5-7)20(17,18)15-3-4-19-6-9(15)11(14)16/h1-2,5,9H,3-4,6,13H2,(H2,14,16). The van der Waals surface area contributed by atoms with Gasteiger partial charge in [-0.25, -0.2) is 8.42 Å². The van der Waals surface area contributed by atoms with Crippen LogP contribution in [0.25, 0.3) is 0 Å². The third kappa shape index (κ3) is 2.73. The number of nitrogen functional groups attached to an aromatic ring is 1. The van der Waals surface area contributed by atoms with Crippen LogP contribution >= 0.6 is 11.6 Å². The fourth-order valence-corrected chi connectivity index (χ4v) is 3.83. The smallest absolute Gasteiger partial charge is 0.246 e. The van der Waals surface area contributed by atoms with Crippen LogP contribution in [0.15, 0.2) is 23.1 Å². The van der Waals surface area contributed by atoms with Gasteiger partial charge in [-0.15, -0.1) is 0 Å². The Morgan fingerprint density at radius 2 is 2.15 bits per heavy atom. The second-order valence-electron chi connectivity index (χ2n) is 4.29. The van der Waals surface area contributed by atoms with Crippen molar-refractivity contribution in [2.24, 2.45) is 5.73 Å². The number of ether oxygens (including phenoxy) is 1. The Balaban J connectivity index is 2.45. The molecule has 2 rings (SSSR count). The molecule has 110 valence electrons. The zero-order valence-electron chi connectivity index (χ0n) is 10.5. The lowest BCUT2D eigenvalue weighted by atomic mass is 10.3. The lowest BCUT2D eigenvalue weighted by molar-refractivity contribution is -0.125. The Morgan fingerprint density at radius 1 is 1.45 bits per heavy atom. The molecule has 1 unspecified atom stereocenters. The third-order valence-corrected chi connectivity index (χ3v) is 5.18. The van der Waals surface area contributed by atoms with Crippen LogP contribution in [0.3, 0.4) is 0 Å². The summed E-state index contributed by atoms with van der Waals surface area (Å²) in [7, 11) is -3.93. The summed E-state index contributed by atoms with van der Waals surface area (Å²) in [6.45, 7) is 0.163. The number of halogens is 1. The molecule has 1 aromatic rings. The highest BCUT2D eigenvalue weighted by atomic mass is 35.5. The van der Waals surface area contributed by atoms with E-state index in [0.29, 0.717) is 5.02 Å². The highest BCUT2D eigenvalue weighted by molar-refractivity contribution is 7.89. The van der Waals surface area contributed by atoms with Gasteiger partial charge in [0, 0.05) is 11.6 Å². The van der Waals surface area contributed by atoms with Crippen LogP contribution in [-0.2, 0) is 19.6 Å². The van der Waals surface area contributed by atoms with E-state index in [4.69, 9.17) is 27.8 Å². The monoisotopic (exact) mass is 319 g/mol. The van der Waals surface area contributed by atoms with Crippen LogP contribution < -0.4 is 11.5 Å². The van der Waals surface area contributed by atoms with E-state index in [0.717, 1.165) is 4.31 Å². The molecule has 9 heteroatoms. The quantitative estimate of drug-likeness (QED) is 0.748. The minimum absolute atomic E-state index is 0.0206. The lowest BCUT2D eigenvalue weighted by Gasteiger charge is -2.32. The van der Waals surface area contributed by atoms with Gasteiger partial charge in [0.15, 0.2) is 0 Å². The van der Waals surface area contributed by atoms with E-state index in [1.807, 2.05) is 0 Å². The first kappa shape index (κ1) is 15.0. The molecule has 0 spiro atoms. The molecule has 1 aliphatic rings. The summed E-state index contributed by atoms with van der Waals surface area (Å²) >= 11 is 5.75. The summed E-state index contributed by atoms with van der Waals surface area (Å²) in [6.07, 6.45) is 0. The van der Waals surface area contributed by atoms with Crippen molar-refractivity contribution in [3.8, 4) is 0 Å². The molecule has 1 aromatic carbocycles. The van der Waals surface area contributed by atoms with Crippen LogP contribution in [0.1, 0.15) is 0 Å². The van der Waals surface area contributed by atoms with Gasteiger partial charge in [-0.1, -0.05) is 11.6 Å². The molecule has 1 aliphatic heterocycles. The molecular weight excluding hydrogens is 306 g/mol. The highest BCUT2D eigenvalue weighted by Gasteiger charge is 2.38. The molecule has 1 amide bonds. The number of nitrogens with two attached hydrogens (primary N) is 2. The number of sulfonamides is 1. The predicted molar refractivity (Wildman–Crippen MR) is 73.6 cm³/mol. The summed E-state index contributed by atoms with van der Waals surface area (Å²) < 4.78 is 31.3. The molecule has 0 saturated carbocycles. The normalized spacial score (nSPS) is 20.8. The van der Waals surface area contributed by atoms with Gasteiger partial charge < -0.3 is 16.2 Å². The average Bonchev–Trinajstić information content (AvgIpc) is 2.38. The van der Waals surface area contributed by atoms with Gasteiger partial charge in [0.2, 0.25) is 15.9 Å². The number of hydrogen-bond acceptors (Lipinski definition) is 5. The van der Waals surface area contributed by atoms with E-state index in [9.17, 15) is 13.2 Å². The van der Waals surface area contributed by atoms with E-state index in [1.165, 1.54) is 18.2 Å². The second kappa shape index (κ2) is 5.57. The van der Waals surface area contributed by atoms with Crippen molar-refractivity contribution < 1.29 is 17.9 Å². The maximum atomic E-state index is 12.6. The molecule has 20 heavy (non-hydrogen) atoms. The van der Waals surface area contributed by atoms with Crippen LogP contribution in [0.4, 0.5) is 5.69 Å². The summed E-state index contributed by atoms with van der Waals surface area (Å²) in [5.41, 5.74) is 10.9. The van der Waals surface area contributed by atoms with E-state index in [1.54, 1.807) is 0 Å². The fourth-order valence-electron chi connectivity index (χ4n) is 1.98. The summed E-state index contributed by atoms with van der Waals surface area (Å²) in [6, 6.07) is 3.03. The van der Waals surface area contributed by atoms with Crippen molar-refractivity contribution in [3.05, 3.63) is 23.2 Å². The minimum atomic E-state index is -3.93. The summed E-state index contributed by atoms with van der Waals surface area (Å²) in [5, 5.41) is 0.329. The minimum Gasteiger partial charge on any atom is -0.398 e. The lowest BCUT2D eigenvalue weighted by Crippen LogP contribution is -2.54. The van der Waals surface area contributed by atoms with Crippen molar-refractivity contribution in [1.29, 1.82) is 0 Å². The van der Waals surface area contributed by atoms with E-state index in [-0.39, 0.29) is 30.3 Å². The molecule has 0 aliphatic carbocycles. The predicted octanol–water partition coefficient (Wildman–Crippen LogP) is -0.203. The van der Waals surface area contributed by atoms with Crippen molar-refractivity contribution >= 4 is 33.2 Å². The van der Waals surface area contributed by atoms with Crippen molar-refractivity contribution in [2.75, 3.05) is 25.5 Å². The molecule has 4 N–H and O–H groups in total. The third-order valence-electron chi connectivity index (χ3n) is 2.97. The number of nitrogens with zero attached hydrogens (tertiary/aromatic N) is 1.